The van der Waals surface area contributed by atoms with E-state index >= 15 is 0 Å². The second-order valence-electron chi connectivity index (χ2n) is 3.92. The maximum absolute atomic E-state index is 13.1. The van der Waals surface area contributed by atoms with Crippen LogP contribution in [-0.4, -0.2) is 16.0 Å². The van der Waals surface area contributed by atoms with Gasteiger partial charge in [-0.05, 0) is 18.2 Å². The first-order chi connectivity index (χ1) is 9.88. The number of halogens is 2. The molecule has 6 nitrogen and oxygen atoms in total. The van der Waals surface area contributed by atoms with Crippen LogP contribution in [0.3, 0.4) is 0 Å². The van der Waals surface area contributed by atoms with Crippen molar-refractivity contribution in [1.82, 2.24) is 0 Å². The molecule has 1 N–H and O–H groups in total. The summed E-state index contributed by atoms with van der Waals surface area (Å²) in [6.45, 7) is 0. The molecule has 8 heteroatoms. The second kappa shape index (κ2) is 5.53. The number of nitrogens with zero attached hydrogens (tertiary/aromatic N) is 1. The maximum atomic E-state index is 13.1. The molecule has 0 aliphatic rings. The third-order valence-corrected chi connectivity index (χ3v) is 2.53. The van der Waals surface area contributed by atoms with E-state index in [1.165, 1.54) is 0 Å². The lowest BCUT2D eigenvalue weighted by Gasteiger charge is -2.08. The summed E-state index contributed by atoms with van der Waals surface area (Å²) in [5.41, 5.74) is -0.733. The van der Waals surface area contributed by atoms with Crippen LogP contribution in [0.2, 0.25) is 0 Å². The van der Waals surface area contributed by atoms with Crippen molar-refractivity contribution in [2.24, 2.45) is 0 Å². The normalized spacial score (nSPS) is 10.2. The highest BCUT2D eigenvalue weighted by Crippen LogP contribution is 2.30. The van der Waals surface area contributed by atoms with E-state index in [1.54, 1.807) is 0 Å². The summed E-state index contributed by atoms with van der Waals surface area (Å²) < 4.78 is 31.0. The van der Waals surface area contributed by atoms with Crippen LogP contribution in [0.5, 0.6) is 11.5 Å². The van der Waals surface area contributed by atoms with E-state index < -0.39 is 28.2 Å². The summed E-state index contributed by atoms with van der Waals surface area (Å²) in [7, 11) is 0. The van der Waals surface area contributed by atoms with Crippen LogP contribution in [0.15, 0.2) is 36.4 Å². The summed E-state index contributed by atoms with van der Waals surface area (Å²) in [6.07, 6.45) is 0. The van der Waals surface area contributed by atoms with E-state index in [1.807, 2.05) is 0 Å². The van der Waals surface area contributed by atoms with Gasteiger partial charge in [0.15, 0.2) is 11.6 Å². The first-order valence-electron chi connectivity index (χ1n) is 5.53. The van der Waals surface area contributed by atoms with E-state index in [0.29, 0.717) is 6.07 Å². The summed E-state index contributed by atoms with van der Waals surface area (Å²) in [5, 5.41) is 19.7. The number of carboxylic acid groups (broad SMARTS) is 1. The minimum Gasteiger partial charge on any atom is -0.478 e. The monoisotopic (exact) mass is 295 g/mol. The number of nitro groups is 1. The SMILES string of the molecule is O=C(O)c1ccc([N+](=O)[O-])cc1Oc1ccc(F)c(F)c1. The highest BCUT2D eigenvalue weighted by Gasteiger charge is 2.17. The molecule has 108 valence electrons. The van der Waals surface area contributed by atoms with E-state index in [4.69, 9.17) is 9.84 Å². The standard InChI is InChI=1S/C13H7F2NO5/c14-10-4-2-8(6-11(10)15)21-12-5-7(16(19)20)1-3-9(12)13(17)18/h1-6H,(H,17,18). The number of nitro benzene ring substituents is 1. The summed E-state index contributed by atoms with van der Waals surface area (Å²) in [6, 6.07) is 5.47. The molecule has 0 saturated heterocycles. The minimum absolute atomic E-state index is 0.183. The van der Waals surface area contributed by atoms with Gasteiger partial charge in [0, 0.05) is 12.1 Å². The molecule has 0 aromatic heterocycles. The number of aromatic carboxylic acids is 1. The number of carbonyl (C=O) groups is 1. The number of non-ortho nitro benzene ring substituents is 1. The average molecular weight is 295 g/mol. The molecular weight excluding hydrogens is 288 g/mol. The molecule has 21 heavy (non-hydrogen) atoms. The van der Waals surface area contributed by atoms with Crippen molar-refractivity contribution in [2.45, 2.75) is 0 Å². The van der Waals surface area contributed by atoms with Crippen LogP contribution < -0.4 is 4.74 Å². The van der Waals surface area contributed by atoms with Crippen LogP contribution >= 0.6 is 0 Å². The molecule has 2 rings (SSSR count). The highest BCUT2D eigenvalue weighted by molar-refractivity contribution is 5.91. The van der Waals surface area contributed by atoms with Crippen molar-refractivity contribution >= 4 is 11.7 Å². The maximum Gasteiger partial charge on any atom is 0.339 e. The molecule has 0 heterocycles. The Labute approximate surface area is 116 Å². The van der Waals surface area contributed by atoms with Crippen LogP contribution in [0.25, 0.3) is 0 Å². The van der Waals surface area contributed by atoms with Gasteiger partial charge in [0.1, 0.15) is 17.1 Å². The molecule has 0 amide bonds. The number of hydrogen-bond acceptors (Lipinski definition) is 4. The predicted molar refractivity (Wildman–Crippen MR) is 66.5 cm³/mol. The molecule has 0 aliphatic heterocycles. The largest absolute Gasteiger partial charge is 0.478 e. The Morgan fingerprint density at radius 2 is 1.86 bits per heavy atom. The van der Waals surface area contributed by atoms with Crippen molar-refractivity contribution in [2.75, 3.05) is 0 Å². The van der Waals surface area contributed by atoms with Gasteiger partial charge >= 0.3 is 5.97 Å². The Kier molecular flexibility index (Phi) is 3.79. The smallest absolute Gasteiger partial charge is 0.339 e. The van der Waals surface area contributed by atoms with Crippen molar-refractivity contribution in [3.63, 3.8) is 0 Å². The Morgan fingerprint density at radius 3 is 2.43 bits per heavy atom. The van der Waals surface area contributed by atoms with Gasteiger partial charge in [-0.1, -0.05) is 0 Å². The molecular formula is C13H7F2NO5. The van der Waals surface area contributed by atoms with Gasteiger partial charge in [-0.15, -0.1) is 0 Å². The molecule has 0 atom stereocenters. The first kappa shape index (κ1) is 14.4. The number of ether oxygens (including phenoxy) is 1. The zero-order valence-electron chi connectivity index (χ0n) is 10.2. The summed E-state index contributed by atoms with van der Waals surface area (Å²) in [4.78, 5) is 21.0. The van der Waals surface area contributed by atoms with Gasteiger partial charge in [0.25, 0.3) is 5.69 Å². The average Bonchev–Trinajstić information content (AvgIpc) is 2.42. The van der Waals surface area contributed by atoms with Gasteiger partial charge in [-0.3, -0.25) is 10.1 Å². The number of hydrogen-bond donors (Lipinski definition) is 1. The molecule has 0 saturated carbocycles. The summed E-state index contributed by atoms with van der Waals surface area (Å²) >= 11 is 0. The van der Waals surface area contributed by atoms with Gasteiger partial charge in [0.2, 0.25) is 0 Å². The zero-order chi connectivity index (χ0) is 15.6. The van der Waals surface area contributed by atoms with Crippen LogP contribution in [0.1, 0.15) is 10.4 Å². The Balaban J connectivity index is 2.45. The fourth-order valence-corrected chi connectivity index (χ4v) is 1.55. The molecule has 0 spiro atoms. The molecule has 0 aliphatic carbocycles. The lowest BCUT2D eigenvalue weighted by molar-refractivity contribution is -0.384. The second-order valence-corrected chi connectivity index (χ2v) is 3.92. The lowest BCUT2D eigenvalue weighted by atomic mass is 10.2. The van der Waals surface area contributed by atoms with Crippen LogP contribution in [0.4, 0.5) is 14.5 Å². The molecule has 2 aromatic rings. The fraction of sp³-hybridized carbons (Fsp3) is 0. The Bertz CT molecular complexity index is 732. The Morgan fingerprint density at radius 1 is 1.14 bits per heavy atom. The zero-order valence-corrected chi connectivity index (χ0v) is 10.2. The molecule has 2 aromatic carbocycles. The van der Waals surface area contributed by atoms with Gasteiger partial charge in [-0.2, -0.15) is 0 Å². The fourth-order valence-electron chi connectivity index (χ4n) is 1.55. The number of carboxylic acids is 1. The van der Waals surface area contributed by atoms with Crippen molar-refractivity contribution in [3.05, 3.63) is 63.7 Å². The molecule has 0 bridgehead atoms. The predicted octanol–water partition coefficient (Wildman–Crippen LogP) is 3.36. The molecule has 0 unspecified atom stereocenters. The first-order valence-corrected chi connectivity index (χ1v) is 5.53. The third kappa shape index (κ3) is 3.11. The lowest BCUT2D eigenvalue weighted by Crippen LogP contribution is -2.01. The van der Waals surface area contributed by atoms with E-state index in [2.05, 4.69) is 0 Å². The van der Waals surface area contributed by atoms with Crippen molar-refractivity contribution in [1.29, 1.82) is 0 Å². The molecule has 0 fully saturated rings. The van der Waals surface area contributed by atoms with Gasteiger partial charge in [0.05, 0.1) is 11.0 Å². The van der Waals surface area contributed by atoms with Gasteiger partial charge in [-0.25, -0.2) is 13.6 Å². The molecule has 0 radical (unpaired) electrons. The Hall–Kier alpha value is -3.03. The van der Waals surface area contributed by atoms with Crippen LogP contribution in [0, 0.1) is 21.7 Å². The summed E-state index contributed by atoms with van der Waals surface area (Å²) in [5.74, 6) is -4.18. The van der Waals surface area contributed by atoms with Crippen LogP contribution in [-0.2, 0) is 0 Å². The van der Waals surface area contributed by atoms with Gasteiger partial charge < -0.3 is 9.84 Å². The van der Waals surface area contributed by atoms with E-state index in [9.17, 15) is 23.7 Å². The number of rotatable bonds is 4. The topological polar surface area (TPSA) is 89.7 Å². The minimum atomic E-state index is -1.37. The third-order valence-electron chi connectivity index (χ3n) is 2.53. The quantitative estimate of drug-likeness (QED) is 0.690. The highest BCUT2D eigenvalue weighted by atomic mass is 19.2. The van der Waals surface area contributed by atoms with E-state index in [0.717, 1.165) is 30.3 Å². The van der Waals surface area contributed by atoms with Crippen molar-refractivity contribution < 1.29 is 28.3 Å². The van der Waals surface area contributed by atoms with Crippen molar-refractivity contribution in [3.8, 4) is 11.5 Å². The number of benzene rings is 2. The van der Waals surface area contributed by atoms with E-state index in [-0.39, 0.29) is 17.1 Å².